The first-order valence-electron chi connectivity index (χ1n) is 5.99. The predicted octanol–water partition coefficient (Wildman–Crippen LogP) is 1.41. The molecule has 108 valence electrons. The van der Waals surface area contributed by atoms with Crippen molar-refractivity contribution in [3.8, 4) is 0 Å². The first-order chi connectivity index (χ1) is 9.40. The lowest BCUT2D eigenvalue weighted by Gasteiger charge is -2.08. The van der Waals surface area contributed by atoms with Gasteiger partial charge in [-0.15, -0.1) is 10.2 Å². The average Bonchev–Trinajstić information content (AvgIpc) is 2.74. The molecule has 0 saturated heterocycles. The second-order valence-electron chi connectivity index (χ2n) is 4.44. The maximum atomic E-state index is 12.2. The Morgan fingerprint density at radius 1 is 1.40 bits per heavy atom. The number of rotatable bonds is 5. The van der Waals surface area contributed by atoms with Gasteiger partial charge in [0.25, 0.3) is 0 Å². The van der Waals surface area contributed by atoms with Gasteiger partial charge in [0.05, 0.1) is 4.90 Å². The van der Waals surface area contributed by atoms with Gasteiger partial charge in [-0.2, -0.15) is 0 Å². The van der Waals surface area contributed by atoms with E-state index in [1.165, 1.54) is 0 Å². The minimum absolute atomic E-state index is 0.237. The molecule has 1 aromatic heterocycles. The van der Waals surface area contributed by atoms with Crippen LogP contribution in [-0.2, 0) is 23.5 Å². The number of nitrogens with one attached hydrogen (secondary N) is 1. The van der Waals surface area contributed by atoms with Crippen LogP contribution in [0.2, 0.25) is 0 Å². The van der Waals surface area contributed by atoms with Crippen LogP contribution >= 0.6 is 15.9 Å². The van der Waals surface area contributed by atoms with Crippen LogP contribution in [0.5, 0.6) is 0 Å². The van der Waals surface area contributed by atoms with E-state index in [2.05, 4.69) is 30.8 Å². The van der Waals surface area contributed by atoms with E-state index in [9.17, 15) is 8.42 Å². The quantitative estimate of drug-likeness (QED) is 0.876. The van der Waals surface area contributed by atoms with E-state index in [1.54, 1.807) is 29.1 Å². The summed E-state index contributed by atoms with van der Waals surface area (Å²) in [7, 11) is -1.71. The highest BCUT2D eigenvalue weighted by atomic mass is 79.9. The van der Waals surface area contributed by atoms with Gasteiger partial charge < -0.3 is 4.57 Å². The van der Waals surface area contributed by atoms with Gasteiger partial charge in [-0.25, -0.2) is 13.1 Å². The van der Waals surface area contributed by atoms with Crippen molar-refractivity contribution < 1.29 is 8.42 Å². The van der Waals surface area contributed by atoms with E-state index in [0.717, 1.165) is 11.4 Å². The predicted molar refractivity (Wildman–Crippen MR) is 78.8 cm³/mol. The Morgan fingerprint density at radius 2 is 2.15 bits per heavy atom. The van der Waals surface area contributed by atoms with E-state index in [1.807, 2.05) is 14.0 Å². The highest BCUT2D eigenvalue weighted by molar-refractivity contribution is 9.10. The molecule has 0 radical (unpaired) electrons. The van der Waals surface area contributed by atoms with Crippen molar-refractivity contribution in [3.05, 3.63) is 40.4 Å². The number of hydrogen-bond acceptors (Lipinski definition) is 4. The SMILES string of the molecule is Cc1ccc(S(=O)(=O)NCCc2nncn2C)c(Br)c1. The summed E-state index contributed by atoms with van der Waals surface area (Å²) in [5, 5.41) is 7.65. The summed E-state index contributed by atoms with van der Waals surface area (Å²) in [4.78, 5) is 0.237. The van der Waals surface area contributed by atoms with Crippen molar-refractivity contribution in [3.63, 3.8) is 0 Å². The minimum Gasteiger partial charge on any atom is -0.321 e. The minimum atomic E-state index is -3.53. The van der Waals surface area contributed by atoms with Crippen LogP contribution in [0.3, 0.4) is 0 Å². The normalized spacial score (nSPS) is 11.8. The van der Waals surface area contributed by atoms with E-state index in [0.29, 0.717) is 10.9 Å². The molecule has 0 saturated carbocycles. The fraction of sp³-hybridized carbons (Fsp3) is 0.333. The Kier molecular flexibility index (Phi) is 4.56. The molecule has 2 aromatic rings. The van der Waals surface area contributed by atoms with Gasteiger partial charge in [-0.3, -0.25) is 0 Å². The smallest absolute Gasteiger partial charge is 0.241 e. The van der Waals surface area contributed by atoms with Crippen molar-refractivity contribution in [2.24, 2.45) is 7.05 Å². The molecule has 0 aliphatic carbocycles. The summed E-state index contributed by atoms with van der Waals surface area (Å²) >= 11 is 3.28. The van der Waals surface area contributed by atoms with Gasteiger partial charge in [0.15, 0.2) is 0 Å². The molecule has 2 rings (SSSR count). The Bertz CT molecular complexity index is 712. The molecule has 0 amide bonds. The number of nitrogens with zero attached hydrogens (tertiary/aromatic N) is 3. The zero-order valence-electron chi connectivity index (χ0n) is 11.2. The first kappa shape index (κ1) is 15.1. The molecule has 6 nitrogen and oxygen atoms in total. The molecule has 1 heterocycles. The Labute approximate surface area is 126 Å². The zero-order chi connectivity index (χ0) is 14.8. The van der Waals surface area contributed by atoms with Crippen LogP contribution in [0, 0.1) is 6.92 Å². The Hall–Kier alpha value is -1.25. The van der Waals surface area contributed by atoms with Gasteiger partial charge in [-0.1, -0.05) is 6.07 Å². The molecule has 0 spiro atoms. The Balaban J connectivity index is 2.06. The fourth-order valence-corrected chi connectivity index (χ4v) is 3.95. The van der Waals surface area contributed by atoms with Crippen LogP contribution < -0.4 is 4.72 Å². The van der Waals surface area contributed by atoms with E-state index in [4.69, 9.17) is 0 Å². The molecular formula is C12H15BrN4O2S. The maximum Gasteiger partial charge on any atom is 0.241 e. The van der Waals surface area contributed by atoms with Crippen molar-refractivity contribution in [1.82, 2.24) is 19.5 Å². The number of sulfonamides is 1. The third-order valence-electron chi connectivity index (χ3n) is 2.82. The van der Waals surface area contributed by atoms with Crippen molar-refractivity contribution in [2.75, 3.05) is 6.54 Å². The molecule has 1 aromatic carbocycles. The average molecular weight is 359 g/mol. The lowest BCUT2D eigenvalue weighted by Crippen LogP contribution is -2.27. The van der Waals surface area contributed by atoms with Gasteiger partial charge in [0, 0.05) is 24.5 Å². The molecule has 0 unspecified atom stereocenters. The van der Waals surface area contributed by atoms with E-state index >= 15 is 0 Å². The fourth-order valence-electron chi connectivity index (χ4n) is 1.73. The van der Waals surface area contributed by atoms with Crippen LogP contribution in [0.1, 0.15) is 11.4 Å². The van der Waals surface area contributed by atoms with Crippen molar-refractivity contribution >= 4 is 26.0 Å². The molecule has 0 bridgehead atoms. The summed E-state index contributed by atoms with van der Waals surface area (Å²) in [6.45, 7) is 2.18. The molecule has 0 fully saturated rings. The van der Waals surface area contributed by atoms with Crippen molar-refractivity contribution in [2.45, 2.75) is 18.2 Å². The third kappa shape index (κ3) is 3.44. The van der Waals surface area contributed by atoms with Crippen LogP contribution in [-0.4, -0.2) is 29.7 Å². The molecular weight excluding hydrogens is 344 g/mol. The summed E-state index contributed by atoms with van der Waals surface area (Å²) in [6.07, 6.45) is 2.07. The molecule has 8 heteroatoms. The highest BCUT2D eigenvalue weighted by Crippen LogP contribution is 2.22. The zero-order valence-corrected chi connectivity index (χ0v) is 13.6. The second-order valence-corrected chi connectivity index (χ2v) is 7.03. The monoisotopic (exact) mass is 358 g/mol. The number of halogens is 1. The van der Waals surface area contributed by atoms with Crippen LogP contribution in [0.25, 0.3) is 0 Å². The summed E-state index contributed by atoms with van der Waals surface area (Å²) in [5.74, 6) is 0.732. The van der Waals surface area contributed by atoms with Crippen LogP contribution in [0.4, 0.5) is 0 Å². The van der Waals surface area contributed by atoms with E-state index < -0.39 is 10.0 Å². The lowest BCUT2D eigenvalue weighted by molar-refractivity contribution is 0.579. The summed E-state index contributed by atoms with van der Waals surface area (Å²) < 4.78 is 29.3. The van der Waals surface area contributed by atoms with Crippen LogP contribution in [0.15, 0.2) is 33.9 Å². The summed E-state index contributed by atoms with van der Waals surface area (Å²) in [6, 6.07) is 5.13. The number of hydrogen-bond donors (Lipinski definition) is 1. The highest BCUT2D eigenvalue weighted by Gasteiger charge is 2.17. The lowest BCUT2D eigenvalue weighted by atomic mass is 10.2. The summed E-state index contributed by atoms with van der Waals surface area (Å²) in [5.41, 5.74) is 0.995. The standard InChI is InChI=1S/C12H15BrN4O2S/c1-9-3-4-11(10(13)7-9)20(18,19)15-6-5-12-16-14-8-17(12)2/h3-4,7-8,15H,5-6H2,1-2H3. The van der Waals surface area contributed by atoms with Crippen molar-refractivity contribution in [1.29, 1.82) is 0 Å². The Morgan fingerprint density at radius 3 is 2.75 bits per heavy atom. The largest absolute Gasteiger partial charge is 0.321 e. The number of aryl methyl sites for hydroxylation is 2. The second kappa shape index (κ2) is 6.02. The van der Waals surface area contributed by atoms with Gasteiger partial charge in [0.2, 0.25) is 10.0 Å². The van der Waals surface area contributed by atoms with E-state index in [-0.39, 0.29) is 11.4 Å². The molecule has 20 heavy (non-hydrogen) atoms. The molecule has 0 aliphatic rings. The third-order valence-corrected chi connectivity index (χ3v) is 5.26. The number of benzene rings is 1. The number of aromatic nitrogens is 3. The van der Waals surface area contributed by atoms with Gasteiger partial charge in [0.1, 0.15) is 12.2 Å². The first-order valence-corrected chi connectivity index (χ1v) is 8.26. The molecule has 0 atom stereocenters. The van der Waals surface area contributed by atoms with Gasteiger partial charge >= 0.3 is 0 Å². The molecule has 0 aliphatic heterocycles. The maximum absolute atomic E-state index is 12.2. The molecule has 1 N–H and O–H groups in total. The topological polar surface area (TPSA) is 76.9 Å². The van der Waals surface area contributed by atoms with Gasteiger partial charge in [-0.05, 0) is 40.5 Å².